The Labute approximate surface area is 101 Å². The summed E-state index contributed by atoms with van der Waals surface area (Å²) >= 11 is 4.71. The molecule has 7 heteroatoms. The largest absolute Gasteiger partial charge is 0.481 e. The maximum absolute atomic E-state index is 10.4. The van der Waals surface area contributed by atoms with Crippen molar-refractivity contribution in [3.63, 3.8) is 0 Å². The van der Waals surface area contributed by atoms with E-state index in [1.54, 1.807) is 34.9 Å². The van der Waals surface area contributed by atoms with Crippen molar-refractivity contribution in [1.82, 2.24) is 10.2 Å². The minimum absolute atomic E-state index is 0.211. The van der Waals surface area contributed by atoms with Crippen molar-refractivity contribution in [2.45, 2.75) is 33.7 Å². The average Bonchev–Trinajstić information content (AvgIpc) is 2.62. The SMILES string of the molecule is CSc1nnc(SC(C)CCC(=O)O)s1. The molecular weight excluding hydrogens is 252 g/mol. The third-order valence-electron chi connectivity index (χ3n) is 1.63. The van der Waals surface area contributed by atoms with E-state index in [-0.39, 0.29) is 11.7 Å². The minimum atomic E-state index is -0.746. The van der Waals surface area contributed by atoms with Crippen LogP contribution in [0.4, 0.5) is 0 Å². The molecule has 0 amide bonds. The first kappa shape index (κ1) is 12.8. The van der Waals surface area contributed by atoms with E-state index in [4.69, 9.17) is 5.11 Å². The van der Waals surface area contributed by atoms with E-state index in [1.165, 1.54) is 0 Å². The van der Waals surface area contributed by atoms with E-state index in [0.29, 0.717) is 6.42 Å². The molecule has 0 bridgehead atoms. The third-order valence-corrected chi connectivity index (χ3v) is 4.78. The fraction of sp³-hybridized carbons (Fsp3) is 0.625. The molecule has 1 rings (SSSR count). The van der Waals surface area contributed by atoms with Crippen LogP contribution in [0.15, 0.2) is 8.68 Å². The van der Waals surface area contributed by atoms with Crippen LogP contribution in [0, 0.1) is 0 Å². The van der Waals surface area contributed by atoms with Crippen LogP contribution >= 0.6 is 34.9 Å². The zero-order valence-corrected chi connectivity index (χ0v) is 10.9. The highest BCUT2D eigenvalue weighted by molar-refractivity contribution is 8.03. The van der Waals surface area contributed by atoms with E-state index in [9.17, 15) is 4.79 Å². The summed E-state index contributed by atoms with van der Waals surface area (Å²) in [5.41, 5.74) is 0. The lowest BCUT2D eigenvalue weighted by Crippen LogP contribution is -2.01. The number of nitrogens with zero attached hydrogens (tertiary/aromatic N) is 2. The molecule has 1 atom stereocenters. The summed E-state index contributed by atoms with van der Waals surface area (Å²) in [5.74, 6) is -0.746. The summed E-state index contributed by atoms with van der Waals surface area (Å²) in [6.07, 6.45) is 2.83. The zero-order valence-electron chi connectivity index (χ0n) is 8.47. The molecule has 0 aliphatic carbocycles. The standard InChI is InChI=1S/C8H12N2O2S3/c1-5(3-4-6(11)12)14-8-10-9-7(13-2)15-8/h5H,3-4H2,1-2H3,(H,11,12). The molecule has 1 unspecified atom stereocenters. The lowest BCUT2D eigenvalue weighted by molar-refractivity contribution is -0.137. The quantitative estimate of drug-likeness (QED) is 0.797. The molecule has 0 radical (unpaired) electrons. The number of rotatable bonds is 6. The summed E-state index contributed by atoms with van der Waals surface area (Å²) in [4.78, 5) is 10.4. The van der Waals surface area contributed by atoms with Crippen LogP contribution in [0.5, 0.6) is 0 Å². The van der Waals surface area contributed by atoms with Gasteiger partial charge in [0.05, 0.1) is 0 Å². The molecule has 0 aromatic carbocycles. The Balaban J connectivity index is 2.36. The van der Waals surface area contributed by atoms with Crippen molar-refractivity contribution < 1.29 is 9.90 Å². The van der Waals surface area contributed by atoms with Crippen LogP contribution in [-0.4, -0.2) is 32.8 Å². The second kappa shape index (κ2) is 6.34. The van der Waals surface area contributed by atoms with Gasteiger partial charge in [0, 0.05) is 11.7 Å². The Morgan fingerprint density at radius 2 is 2.20 bits per heavy atom. The maximum Gasteiger partial charge on any atom is 0.303 e. The molecule has 1 aromatic rings. The van der Waals surface area contributed by atoms with Crippen molar-refractivity contribution in [2.24, 2.45) is 0 Å². The molecule has 1 heterocycles. The van der Waals surface area contributed by atoms with Crippen molar-refractivity contribution in [3.05, 3.63) is 0 Å². The van der Waals surface area contributed by atoms with Crippen molar-refractivity contribution >= 4 is 40.8 Å². The van der Waals surface area contributed by atoms with Gasteiger partial charge in [-0.1, -0.05) is 41.8 Å². The highest BCUT2D eigenvalue weighted by Crippen LogP contribution is 2.31. The van der Waals surface area contributed by atoms with Gasteiger partial charge in [0.1, 0.15) is 0 Å². The fourth-order valence-corrected chi connectivity index (χ4v) is 3.64. The topological polar surface area (TPSA) is 63.1 Å². The number of carboxylic acids is 1. The van der Waals surface area contributed by atoms with E-state index in [2.05, 4.69) is 10.2 Å². The number of hydrogen-bond donors (Lipinski definition) is 1. The van der Waals surface area contributed by atoms with Gasteiger partial charge in [-0.2, -0.15) is 0 Å². The first-order valence-corrected chi connectivity index (χ1v) is 7.30. The van der Waals surface area contributed by atoms with Gasteiger partial charge in [0.15, 0.2) is 8.68 Å². The second-order valence-corrected chi connectivity index (χ2v) is 6.62. The van der Waals surface area contributed by atoms with E-state index < -0.39 is 5.97 Å². The van der Waals surface area contributed by atoms with E-state index in [1.807, 2.05) is 13.2 Å². The van der Waals surface area contributed by atoms with Crippen LogP contribution in [0.3, 0.4) is 0 Å². The van der Waals surface area contributed by atoms with Crippen molar-refractivity contribution in [1.29, 1.82) is 0 Å². The molecule has 15 heavy (non-hydrogen) atoms. The summed E-state index contributed by atoms with van der Waals surface area (Å²) in [6, 6.07) is 0. The Bertz CT molecular complexity index is 329. The van der Waals surface area contributed by atoms with Crippen LogP contribution in [0.1, 0.15) is 19.8 Å². The molecule has 1 aromatic heterocycles. The molecule has 0 saturated heterocycles. The van der Waals surface area contributed by atoms with E-state index >= 15 is 0 Å². The Hall–Kier alpha value is -0.270. The monoisotopic (exact) mass is 264 g/mol. The number of carbonyl (C=O) groups is 1. The molecule has 84 valence electrons. The van der Waals surface area contributed by atoms with Gasteiger partial charge < -0.3 is 5.11 Å². The van der Waals surface area contributed by atoms with Crippen molar-refractivity contribution in [3.8, 4) is 0 Å². The molecule has 1 N–H and O–H groups in total. The summed E-state index contributed by atoms with van der Waals surface area (Å²) in [6.45, 7) is 2.01. The molecule has 0 aliphatic heterocycles. The number of aromatic nitrogens is 2. The zero-order chi connectivity index (χ0) is 11.3. The number of aliphatic carboxylic acids is 1. The van der Waals surface area contributed by atoms with E-state index in [0.717, 1.165) is 8.68 Å². The molecule has 0 fully saturated rings. The maximum atomic E-state index is 10.4. The van der Waals surface area contributed by atoms with Gasteiger partial charge in [-0.3, -0.25) is 4.79 Å². The predicted octanol–water partition coefficient (Wildman–Crippen LogP) is 2.61. The fourth-order valence-electron chi connectivity index (χ4n) is 0.885. The highest BCUT2D eigenvalue weighted by Gasteiger charge is 2.10. The second-order valence-electron chi connectivity index (χ2n) is 2.90. The van der Waals surface area contributed by atoms with Gasteiger partial charge in [-0.15, -0.1) is 10.2 Å². The van der Waals surface area contributed by atoms with Gasteiger partial charge in [-0.05, 0) is 12.7 Å². The van der Waals surface area contributed by atoms with Gasteiger partial charge in [-0.25, -0.2) is 0 Å². The molecule has 4 nitrogen and oxygen atoms in total. The highest BCUT2D eigenvalue weighted by atomic mass is 32.2. The Morgan fingerprint density at radius 3 is 2.73 bits per heavy atom. The van der Waals surface area contributed by atoms with Crippen LogP contribution in [0.25, 0.3) is 0 Å². The predicted molar refractivity (Wildman–Crippen MR) is 63.9 cm³/mol. The first-order chi connectivity index (χ1) is 7.11. The van der Waals surface area contributed by atoms with Crippen LogP contribution in [0.2, 0.25) is 0 Å². The van der Waals surface area contributed by atoms with Gasteiger partial charge >= 0.3 is 5.97 Å². The van der Waals surface area contributed by atoms with Crippen LogP contribution < -0.4 is 0 Å². The third kappa shape index (κ3) is 4.85. The minimum Gasteiger partial charge on any atom is -0.481 e. The Morgan fingerprint density at radius 1 is 1.53 bits per heavy atom. The first-order valence-electron chi connectivity index (χ1n) is 4.37. The number of carboxylic acid groups (broad SMARTS) is 1. The molecule has 0 spiro atoms. The molecular formula is C8H12N2O2S3. The summed E-state index contributed by atoms with van der Waals surface area (Å²) in [5, 5.41) is 16.8. The Kier molecular flexibility index (Phi) is 5.41. The average molecular weight is 264 g/mol. The summed E-state index contributed by atoms with van der Waals surface area (Å²) in [7, 11) is 0. The number of hydrogen-bond acceptors (Lipinski definition) is 6. The lowest BCUT2D eigenvalue weighted by atomic mass is 10.2. The van der Waals surface area contributed by atoms with Crippen LogP contribution in [-0.2, 0) is 4.79 Å². The number of thioether (sulfide) groups is 2. The molecule has 0 aliphatic rings. The summed E-state index contributed by atoms with van der Waals surface area (Å²) < 4.78 is 1.86. The smallest absolute Gasteiger partial charge is 0.303 e. The van der Waals surface area contributed by atoms with Gasteiger partial charge in [0.25, 0.3) is 0 Å². The normalized spacial score (nSPS) is 12.7. The molecule has 0 saturated carbocycles. The lowest BCUT2D eigenvalue weighted by Gasteiger charge is -2.05. The van der Waals surface area contributed by atoms with Gasteiger partial charge in [0.2, 0.25) is 0 Å². The van der Waals surface area contributed by atoms with Crippen molar-refractivity contribution in [2.75, 3.05) is 6.26 Å².